The molecule has 0 aliphatic carbocycles. The molecule has 2 aliphatic rings. The lowest BCUT2D eigenvalue weighted by Gasteiger charge is -2.26. The first-order valence-corrected chi connectivity index (χ1v) is 13.8. The van der Waals surface area contributed by atoms with Gasteiger partial charge in [0, 0.05) is 30.9 Å². The fourth-order valence-electron chi connectivity index (χ4n) is 4.96. The normalized spacial score (nSPS) is 17.4. The average Bonchev–Trinajstić information content (AvgIpc) is 3.57. The standard InChI is InChI=1S/C30H28N4O5S/c1-19-26(28(35)32-21-8-4-3-5-9-21)27(20-7-6-10-22(17-20)37-2)34-29(36)24(40-30(34)31-19)18-23-11-12-25(39-23)33-13-15-38-16-14-33/h3-12,17-18,27H,13-16H2,1-2H3,(H,32,35)/b24-18+. The number of furan rings is 1. The number of hydrogen-bond acceptors (Lipinski definition) is 8. The molecule has 10 heteroatoms. The van der Waals surface area contributed by atoms with Crippen molar-refractivity contribution in [2.75, 3.05) is 43.6 Å². The van der Waals surface area contributed by atoms with Crippen LogP contribution in [0.2, 0.25) is 0 Å². The Hall–Kier alpha value is -4.41. The lowest BCUT2D eigenvalue weighted by atomic mass is 9.95. The van der Waals surface area contributed by atoms with Gasteiger partial charge in [-0.1, -0.05) is 41.7 Å². The van der Waals surface area contributed by atoms with Gasteiger partial charge in [-0.25, -0.2) is 4.99 Å². The Morgan fingerprint density at radius 2 is 1.90 bits per heavy atom. The van der Waals surface area contributed by atoms with Crippen molar-refractivity contribution in [2.45, 2.75) is 13.0 Å². The number of fused-ring (bicyclic) bond motifs is 1. The van der Waals surface area contributed by atoms with Crippen LogP contribution in [-0.2, 0) is 9.53 Å². The van der Waals surface area contributed by atoms with Crippen LogP contribution in [0.3, 0.4) is 0 Å². The molecule has 0 radical (unpaired) electrons. The lowest BCUT2D eigenvalue weighted by Crippen LogP contribution is -2.40. The Kier molecular flexibility index (Phi) is 7.10. The van der Waals surface area contributed by atoms with E-state index in [2.05, 4.69) is 10.2 Å². The molecule has 1 unspecified atom stereocenters. The number of amides is 1. The maximum Gasteiger partial charge on any atom is 0.271 e. The molecule has 4 aromatic rings. The van der Waals surface area contributed by atoms with Gasteiger partial charge in [0.15, 0.2) is 10.7 Å². The molecular formula is C30H28N4O5S. The van der Waals surface area contributed by atoms with Crippen LogP contribution in [0.25, 0.3) is 6.08 Å². The highest BCUT2D eigenvalue weighted by Gasteiger charge is 2.33. The summed E-state index contributed by atoms with van der Waals surface area (Å²) in [5, 5.41) is 2.96. The van der Waals surface area contributed by atoms with Gasteiger partial charge in [-0.2, -0.15) is 0 Å². The Morgan fingerprint density at radius 3 is 2.67 bits per heavy atom. The van der Waals surface area contributed by atoms with E-state index < -0.39 is 6.04 Å². The SMILES string of the molecule is COc1cccc(C2C(C(=O)Nc3ccccc3)=C(C)N=c3s/c(=C/c4ccc(N5CCOCC5)o4)c(=O)n32)c1. The molecule has 0 spiro atoms. The maximum absolute atomic E-state index is 13.9. The molecule has 2 aromatic heterocycles. The molecule has 40 heavy (non-hydrogen) atoms. The minimum absolute atomic E-state index is 0.251. The Labute approximate surface area is 234 Å². The van der Waals surface area contributed by atoms with Crippen molar-refractivity contribution in [3.8, 4) is 5.75 Å². The number of aromatic nitrogens is 1. The van der Waals surface area contributed by atoms with Gasteiger partial charge in [-0.15, -0.1) is 0 Å². The van der Waals surface area contributed by atoms with Crippen molar-refractivity contribution in [1.29, 1.82) is 0 Å². The molecule has 1 amide bonds. The summed E-state index contributed by atoms with van der Waals surface area (Å²) < 4.78 is 19.0. The zero-order valence-corrected chi connectivity index (χ0v) is 22.9. The van der Waals surface area contributed by atoms with Crippen LogP contribution >= 0.6 is 11.3 Å². The predicted molar refractivity (Wildman–Crippen MR) is 154 cm³/mol. The van der Waals surface area contributed by atoms with Gasteiger partial charge in [0.2, 0.25) is 0 Å². The molecule has 9 nitrogen and oxygen atoms in total. The molecule has 4 heterocycles. The van der Waals surface area contributed by atoms with Crippen LogP contribution in [0, 0.1) is 0 Å². The van der Waals surface area contributed by atoms with Crippen molar-refractivity contribution >= 4 is 34.9 Å². The minimum Gasteiger partial charge on any atom is -0.497 e. The highest BCUT2D eigenvalue weighted by molar-refractivity contribution is 7.07. The van der Waals surface area contributed by atoms with Gasteiger partial charge >= 0.3 is 0 Å². The number of morpholine rings is 1. The Morgan fingerprint density at radius 1 is 1.10 bits per heavy atom. The molecule has 6 rings (SSSR count). The number of allylic oxidation sites excluding steroid dienone is 1. The van der Waals surface area contributed by atoms with E-state index in [-0.39, 0.29) is 11.5 Å². The van der Waals surface area contributed by atoms with Crippen LogP contribution in [0.4, 0.5) is 11.6 Å². The number of nitrogens with one attached hydrogen (secondary N) is 1. The van der Waals surface area contributed by atoms with Crippen LogP contribution in [0.1, 0.15) is 24.3 Å². The van der Waals surface area contributed by atoms with Gasteiger partial charge in [0.1, 0.15) is 11.5 Å². The smallest absolute Gasteiger partial charge is 0.271 e. The molecule has 1 atom stereocenters. The van der Waals surface area contributed by atoms with Gasteiger partial charge in [0.05, 0.1) is 42.2 Å². The van der Waals surface area contributed by atoms with Crippen molar-refractivity contribution in [3.05, 3.63) is 109 Å². The summed E-state index contributed by atoms with van der Waals surface area (Å²) in [6, 6.07) is 19.7. The first-order valence-electron chi connectivity index (χ1n) is 13.0. The topological polar surface area (TPSA) is 98.3 Å². The Balaban J connectivity index is 1.44. The van der Waals surface area contributed by atoms with Crippen molar-refractivity contribution in [3.63, 3.8) is 0 Å². The van der Waals surface area contributed by atoms with Crippen LogP contribution in [-0.4, -0.2) is 43.9 Å². The number of carbonyl (C=O) groups excluding carboxylic acids is 1. The largest absolute Gasteiger partial charge is 0.497 e. The molecule has 204 valence electrons. The molecule has 0 bridgehead atoms. The summed E-state index contributed by atoms with van der Waals surface area (Å²) in [7, 11) is 1.59. The van der Waals surface area contributed by atoms with Crippen molar-refractivity contribution < 1.29 is 18.7 Å². The van der Waals surface area contributed by atoms with E-state index in [0.29, 0.717) is 51.0 Å². The molecule has 0 saturated carbocycles. The number of carbonyl (C=O) groups is 1. The summed E-state index contributed by atoms with van der Waals surface area (Å²) in [5.41, 5.74) is 2.08. The number of methoxy groups -OCH3 is 1. The number of anilines is 2. The molecule has 1 N–H and O–H groups in total. The van der Waals surface area contributed by atoms with Crippen LogP contribution in [0.5, 0.6) is 5.75 Å². The number of benzene rings is 2. The first-order chi connectivity index (χ1) is 19.5. The van der Waals surface area contributed by atoms with Crippen LogP contribution in [0.15, 0.2) is 92.2 Å². The number of para-hydroxylation sites is 1. The second-order valence-electron chi connectivity index (χ2n) is 9.45. The first kappa shape index (κ1) is 25.8. The third kappa shape index (κ3) is 4.99. The third-order valence-corrected chi connectivity index (χ3v) is 7.90. The quantitative estimate of drug-likeness (QED) is 0.391. The summed E-state index contributed by atoms with van der Waals surface area (Å²) in [4.78, 5) is 34.9. The molecular weight excluding hydrogens is 528 g/mol. The minimum atomic E-state index is -0.697. The zero-order chi connectivity index (χ0) is 27.6. The number of nitrogens with zero attached hydrogens (tertiary/aromatic N) is 3. The number of hydrogen-bond donors (Lipinski definition) is 1. The van der Waals surface area contributed by atoms with Gasteiger partial charge in [0.25, 0.3) is 11.5 Å². The van der Waals surface area contributed by atoms with Crippen molar-refractivity contribution in [2.24, 2.45) is 4.99 Å². The van der Waals surface area contributed by atoms with E-state index in [0.717, 1.165) is 24.5 Å². The third-order valence-electron chi connectivity index (χ3n) is 6.92. The van der Waals surface area contributed by atoms with E-state index in [1.54, 1.807) is 24.7 Å². The summed E-state index contributed by atoms with van der Waals surface area (Å²) >= 11 is 1.27. The number of rotatable bonds is 6. The van der Waals surface area contributed by atoms with E-state index in [1.807, 2.05) is 66.7 Å². The summed E-state index contributed by atoms with van der Waals surface area (Å²) in [6.07, 6.45) is 1.74. The monoisotopic (exact) mass is 556 g/mol. The van der Waals surface area contributed by atoms with E-state index in [1.165, 1.54) is 11.3 Å². The summed E-state index contributed by atoms with van der Waals surface area (Å²) in [6.45, 7) is 4.60. The Bertz CT molecular complexity index is 1760. The van der Waals surface area contributed by atoms with Crippen molar-refractivity contribution in [1.82, 2.24) is 4.57 Å². The molecule has 2 aliphatic heterocycles. The van der Waals surface area contributed by atoms with Gasteiger partial charge in [-0.3, -0.25) is 14.2 Å². The number of thiazole rings is 1. The maximum atomic E-state index is 13.9. The average molecular weight is 557 g/mol. The highest BCUT2D eigenvalue weighted by Crippen LogP contribution is 2.32. The lowest BCUT2D eigenvalue weighted by molar-refractivity contribution is -0.113. The van der Waals surface area contributed by atoms with Crippen LogP contribution < -0.4 is 29.8 Å². The zero-order valence-electron chi connectivity index (χ0n) is 22.1. The van der Waals surface area contributed by atoms with E-state index >= 15 is 0 Å². The summed E-state index contributed by atoms with van der Waals surface area (Å²) in [5.74, 6) is 1.62. The fraction of sp³-hybridized carbons (Fsp3) is 0.233. The van der Waals surface area contributed by atoms with E-state index in [4.69, 9.17) is 18.9 Å². The fourth-order valence-corrected chi connectivity index (χ4v) is 5.99. The highest BCUT2D eigenvalue weighted by atomic mass is 32.1. The second-order valence-corrected chi connectivity index (χ2v) is 10.5. The predicted octanol–water partition coefficient (Wildman–Crippen LogP) is 3.31. The molecule has 2 aromatic carbocycles. The van der Waals surface area contributed by atoms with Gasteiger partial charge in [-0.05, 0) is 42.8 Å². The number of ether oxygens (including phenoxy) is 2. The van der Waals surface area contributed by atoms with Gasteiger partial charge < -0.3 is 24.1 Å². The van der Waals surface area contributed by atoms with E-state index in [9.17, 15) is 9.59 Å². The molecule has 1 fully saturated rings. The second kappa shape index (κ2) is 11.0. The molecule has 1 saturated heterocycles.